The smallest absolute Gasteiger partial charge is 0.255 e. The van der Waals surface area contributed by atoms with E-state index in [-0.39, 0.29) is 11.4 Å². The van der Waals surface area contributed by atoms with Crippen molar-refractivity contribution in [1.82, 2.24) is 4.57 Å². The molecule has 0 fully saturated rings. The van der Waals surface area contributed by atoms with Gasteiger partial charge in [0.1, 0.15) is 5.82 Å². The molecule has 98 valence electrons. The molecule has 3 heteroatoms. The van der Waals surface area contributed by atoms with Crippen LogP contribution in [0.3, 0.4) is 0 Å². The Morgan fingerprint density at radius 1 is 0.750 bits per heavy atom. The first-order valence-corrected chi connectivity index (χ1v) is 6.28. The highest BCUT2D eigenvalue weighted by molar-refractivity contribution is 5.62. The van der Waals surface area contributed by atoms with Crippen molar-refractivity contribution in [2.24, 2.45) is 0 Å². The quantitative estimate of drug-likeness (QED) is 0.693. The van der Waals surface area contributed by atoms with Crippen LogP contribution < -0.4 is 5.56 Å². The molecule has 0 aliphatic carbocycles. The van der Waals surface area contributed by atoms with Crippen LogP contribution in [0.2, 0.25) is 0 Å². The van der Waals surface area contributed by atoms with Gasteiger partial charge in [-0.1, -0.05) is 30.3 Å². The second-order valence-electron chi connectivity index (χ2n) is 4.47. The van der Waals surface area contributed by atoms with Gasteiger partial charge in [0.15, 0.2) is 0 Å². The molecule has 0 bridgehead atoms. The fraction of sp³-hybridized carbons (Fsp3) is 0. The summed E-state index contributed by atoms with van der Waals surface area (Å²) in [7, 11) is 0. The van der Waals surface area contributed by atoms with E-state index in [0.717, 1.165) is 16.8 Å². The molecule has 3 aromatic rings. The first-order valence-electron chi connectivity index (χ1n) is 6.28. The third kappa shape index (κ3) is 2.38. The minimum atomic E-state index is -0.273. The molecule has 0 amide bonds. The average Bonchev–Trinajstić information content (AvgIpc) is 2.50. The molecule has 0 aliphatic heterocycles. The molecule has 2 aromatic carbocycles. The number of benzene rings is 2. The number of hydrogen-bond acceptors (Lipinski definition) is 1. The summed E-state index contributed by atoms with van der Waals surface area (Å²) >= 11 is 0. The first-order chi connectivity index (χ1) is 9.74. The Morgan fingerprint density at radius 3 is 2.10 bits per heavy atom. The topological polar surface area (TPSA) is 22.0 Å². The van der Waals surface area contributed by atoms with Gasteiger partial charge in [0.2, 0.25) is 0 Å². The van der Waals surface area contributed by atoms with Crippen LogP contribution in [0.1, 0.15) is 0 Å². The lowest BCUT2D eigenvalue weighted by Crippen LogP contribution is -2.16. The van der Waals surface area contributed by atoms with Crippen LogP contribution in [0.25, 0.3) is 16.8 Å². The van der Waals surface area contributed by atoms with Crippen LogP contribution in [-0.4, -0.2) is 4.57 Å². The predicted octanol–water partition coefficient (Wildman–Crippen LogP) is 3.64. The van der Waals surface area contributed by atoms with Crippen molar-refractivity contribution in [1.29, 1.82) is 0 Å². The Bertz CT molecular complexity index is 776. The summed E-state index contributed by atoms with van der Waals surface area (Å²) in [6.45, 7) is 0. The molecular formula is C17H12FNO. The Morgan fingerprint density at radius 2 is 1.40 bits per heavy atom. The Kier molecular flexibility index (Phi) is 3.17. The van der Waals surface area contributed by atoms with E-state index in [0.29, 0.717) is 0 Å². The third-order valence-electron chi connectivity index (χ3n) is 3.12. The largest absolute Gasteiger partial charge is 0.284 e. The maximum atomic E-state index is 13.0. The lowest BCUT2D eigenvalue weighted by Gasteiger charge is -2.08. The van der Waals surface area contributed by atoms with E-state index >= 15 is 0 Å². The number of rotatable bonds is 2. The van der Waals surface area contributed by atoms with E-state index in [2.05, 4.69) is 0 Å². The fourth-order valence-electron chi connectivity index (χ4n) is 2.09. The molecular weight excluding hydrogens is 253 g/mol. The predicted molar refractivity (Wildman–Crippen MR) is 77.4 cm³/mol. The van der Waals surface area contributed by atoms with E-state index in [1.807, 2.05) is 30.3 Å². The molecule has 2 nitrogen and oxygen atoms in total. The number of nitrogens with zero attached hydrogens (tertiary/aromatic N) is 1. The molecule has 0 radical (unpaired) electrons. The summed E-state index contributed by atoms with van der Waals surface area (Å²) in [5.74, 6) is -0.273. The molecule has 1 heterocycles. The zero-order valence-corrected chi connectivity index (χ0v) is 10.7. The van der Waals surface area contributed by atoms with Gasteiger partial charge in [-0.3, -0.25) is 9.36 Å². The molecule has 0 saturated heterocycles. The van der Waals surface area contributed by atoms with E-state index in [1.165, 1.54) is 18.2 Å². The third-order valence-corrected chi connectivity index (χ3v) is 3.12. The number of pyridine rings is 1. The molecule has 3 rings (SSSR count). The standard InChI is InChI=1S/C17H12FNO/c18-15-9-6-13(7-10-15)14-8-11-17(20)19(12-14)16-4-2-1-3-5-16/h1-12H. The van der Waals surface area contributed by atoms with E-state index < -0.39 is 0 Å². The van der Waals surface area contributed by atoms with Crippen molar-refractivity contribution in [3.63, 3.8) is 0 Å². The molecule has 0 saturated carbocycles. The van der Waals surface area contributed by atoms with Crippen LogP contribution in [0, 0.1) is 5.82 Å². The minimum absolute atomic E-state index is 0.0953. The Labute approximate surface area is 115 Å². The fourth-order valence-corrected chi connectivity index (χ4v) is 2.09. The van der Waals surface area contributed by atoms with Gasteiger partial charge >= 0.3 is 0 Å². The van der Waals surface area contributed by atoms with Crippen molar-refractivity contribution in [3.05, 3.63) is 89.1 Å². The molecule has 0 unspecified atom stereocenters. The Balaban J connectivity index is 2.12. The summed E-state index contributed by atoms with van der Waals surface area (Å²) in [6, 6.07) is 18.9. The summed E-state index contributed by atoms with van der Waals surface area (Å²) < 4.78 is 14.5. The Hall–Kier alpha value is -2.68. The van der Waals surface area contributed by atoms with Gasteiger partial charge in [0.05, 0.1) is 0 Å². The lowest BCUT2D eigenvalue weighted by molar-refractivity contribution is 0.628. The highest BCUT2D eigenvalue weighted by atomic mass is 19.1. The van der Waals surface area contributed by atoms with Gasteiger partial charge < -0.3 is 0 Å². The first kappa shape index (κ1) is 12.4. The van der Waals surface area contributed by atoms with E-state index in [1.54, 1.807) is 29.0 Å². The molecule has 20 heavy (non-hydrogen) atoms. The van der Waals surface area contributed by atoms with Crippen LogP contribution in [-0.2, 0) is 0 Å². The van der Waals surface area contributed by atoms with Crippen molar-refractivity contribution in [2.75, 3.05) is 0 Å². The van der Waals surface area contributed by atoms with E-state index in [4.69, 9.17) is 0 Å². The number of halogens is 1. The number of hydrogen-bond donors (Lipinski definition) is 0. The monoisotopic (exact) mass is 265 g/mol. The van der Waals surface area contributed by atoms with Gasteiger partial charge in [-0.2, -0.15) is 0 Å². The molecule has 1 aromatic heterocycles. The van der Waals surface area contributed by atoms with Gasteiger partial charge in [-0.15, -0.1) is 0 Å². The second kappa shape index (κ2) is 5.13. The minimum Gasteiger partial charge on any atom is -0.284 e. The second-order valence-corrected chi connectivity index (χ2v) is 4.47. The SMILES string of the molecule is O=c1ccc(-c2ccc(F)cc2)cn1-c1ccccc1. The summed E-state index contributed by atoms with van der Waals surface area (Å²) in [5, 5.41) is 0. The van der Waals surface area contributed by atoms with Gasteiger partial charge in [-0.25, -0.2) is 4.39 Å². The van der Waals surface area contributed by atoms with Gasteiger partial charge in [0.25, 0.3) is 5.56 Å². The average molecular weight is 265 g/mol. The van der Waals surface area contributed by atoms with Crippen LogP contribution in [0.4, 0.5) is 4.39 Å². The van der Waals surface area contributed by atoms with Crippen molar-refractivity contribution in [3.8, 4) is 16.8 Å². The van der Waals surface area contributed by atoms with Crippen molar-refractivity contribution < 1.29 is 4.39 Å². The summed E-state index contributed by atoms with van der Waals surface area (Å²) in [6.07, 6.45) is 1.77. The summed E-state index contributed by atoms with van der Waals surface area (Å²) in [4.78, 5) is 12.0. The maximum absolute atomic E-state index is 13.0. The number of para-hydroxylation sites is 1. The maximum Gasteiger partial charge on any atom is 0.255 e. The highest BCUT2D eigenvalue weighted by Gasteiger charge is 2.03. The number of aromatic nitrogens is 1. The zero-order chi connectivity index (χ0) is 13.9. The lowest BCUT2D eigenvalue weighted by atomic mass is 10.1. The molecule has 0 spiro atoms. The van der Waals surface area contributed by atoms with Gasteiger partial charge in [-0.05, 0) is 41.5 Å². The highest BCUT2D eigenvalue weighted by Crippen LogP contribution is 2.19. The molecule has 0 aliphatic rings. The zero-order valence-electron chi connectivity index (χ0n) is 10.7. The van der Waals surface area contributed by atoms with Crippen LogP contribution in [0.5, 0.6) is 0 Å². The normalized spacial score (nSPS) is 10.4. The summed E-state index contributed by atoms with van der Waals surface area (Å²) in [5.41, 5.74) is 2.45. The van der Waals surface area contributed by atoms with E-state index in [9.17, 15) is 9.18 Å². The van der Waals surface area contributed by atoms with Crippen LogP contribution >= 0.6 is 0 Å². The van der Waals surface area contributed by atoms with Gasteiger partial charge in [0, 0.05) is 18.0 Å². The van der Waals surface area contributed by atoms with Crippen LogP contribution in [0.15, 0.2) is 77.7 Å². The molecule has 0 atom stereocenters. The van der Waals surface area contributed by atoms with Crippen molar-refractivity contribution in [2.45, 2.75) is 0 Å². The van der Waals surface area contributed by atoms with Crippen molar-refractivity contribution >= 4 is 0 Å². The molecule has 0 N–H and O–H groups in total.